The third-order valence-corrected chi connectivity index (χ3v) is 3.92. The Bertz CT molecular complexity index is 842. The van der Waals surface area contributed by atoms with E-state index in [9.17, 15) is 18.0 Å². The molecule has 0 spiro atoms. The van der Waals surface area contributed by atoms with Crippen LogP contribution < -0.4 is 5.32 Å². The molecule has 0 aliphatic carbocycles. The monoisotopic (exact) mass is 362 g/mol. The number of thioether (sulfide) groups is 1. The summed E-state index contributed by atoms with van der Waals surface area (Å²) in [6.07, 6.45) is 1.35. The molecular formula is C18H13F3N2OS. The Morgan fingerprint density at radius 2 is 1.92 bits per heavy atom. The summed E-state index contributed by atoms with van der Waals surface area (Å²) in [5.74, 6) is -3.53. The number of benzene rings is 2. The third-order valence-electron chi connectivity index (χ3n) is 3.20. The lowest BCUT2D eigenvalue weighted by Crippen LogP contribution is -2.13. The number of nitriles is 1. The fourth-order valence-corrected chi connectivity index (χ4v) is 2.49. The number of aryl methyl sites for hydroxylation is 1. The van der Waals surface area contributed by atoms with Crippen LogP contribution in [0.4, 0.5) is 18.9 Å². The van der Waals surface area contributed by atoms with E-state index in [1.807, 2.05) is 0 Å². The van der Waals surface area contributed by atoms with E-state index in [4.69, 9.17) is 5.26 Å². The fraction of sp³-hybridized carbons (Fsp3) is 0.111. The molecule has 25 heavy (non-hydrogen) atoms. The molecule has 0 atom stereocenters. The minimum Gasteiger partial charge on any atom is -0.321 e. The van der Waals surface area contributed by atoms with Gasteiger partial charge in [-0.25, -0.2) is 4.39 Å². The SMILES string of the molecule is Cc1cc(C=C(C#N)C(=O)Nc2ccc(SC(F)F)cc2)ccc1F. The first-order valence-electron chi connectivity index (χ1n) is 7.13. The Hall–Kier alpha value is -2.72. The number of carbonyl (C=O) groups excluding carboxylic acids is 1. The largest absolute Gasteiger partial charge is 0.321 e. The lowest BCUT2D eigenvalue weighted by atomic mass is 10.1. The van der Waals surface area contributed by atoms with E-state index in [0.717, 1.165) is 0 Å². The van der Waals surface area contributed by atoms with Gasteiger partial charge in [-0.05, 0) is 60.5 Å². The van der Waals surface area contributed by atoms with Crippen molar-refractivity contribution in [3.05, 3.63) is 65.0 Å². The summed E-state index contributed by atoms with van der Waals surface area (Å²) in [5.41, 5.74) is 1.14. The van der Waals surface area contributed by atoms with E-state index in [0.29, 0.717) is 33.5 Å². The van der Waals surface area contributed by atoms with Crippen LogP contribution in [0.2, 0.25) is 0 Å². The molecule has 0 fully saturated rings. The highest BCUT2D eigenvalue weighted by molar-refractivity contribution is 7.99. The smallest absolute Gasteiger partial charge is 0.288 e. The van der Waals surface area contributed by atoms with Crippen LogP contribution in [0.15, 0.2) is 52.9 Å². The molecule has 0 unspecified atom stereocenters. The first-order valence-corrected chi connectivity index (χ1v) is 8.01. The molecule has 1 N–H and O–H groups in total. The lowest BCUT2D eigenvalue weighted by Gasteiger charge is -2.06. The fourth-order valence-electron chi connectivity index (χ4n) is 1.99. The second kappa shape index (κ2) is 8.40. The molecule has 0 saturated carbocycles. The van der Waals surface area contributed by atoms with E-state index in [-0.39, 0.29) is 11.4 Å². The topological polar surface area (TPSA) is 52.9 Å². The average molecular weight is 362 g/mol. The number of nitrogens with one attached hydrogen (secondary N) is 1. The van der Waals surface area contributed by atoms with Crippen LogP contribution in [0.25, 0.3) is 6.08 Å². The minimum atomic E-state index is -2.52. The lowest BCUT2D eigenvalue weighted by molar-refractivity contribution is -0.112. The molecule has 3 nitrogen and oxygen atoms in total. The summed E-state index contributed by atoms with van der Waals surface area (Å²) in [4.78, 5) is 12.5. The van der Waals surface area contributed by atoms with Crippen molar-refractivity contribution in [2.24, 2.45) is 0 Å². The first kappa shape index (κ1) is 18.6. The Morgan fingerprint density at radius 1 is 1.24 bits per heavy atom. The van der Waals surface area contributed by atoms with Crippen LogP contribution in [-0.4, -0.2) is 11.7 Å². The van der Waals surface area contributed by atoms with Crippen molar-refractivity contribution in [3.63, 3.8) is 0 Å². The molecule has 2 aromatic carbocycles. The van der Waals surface area contributed by atoms with Crippen molar-refractivity contribution in [1.82, 2.24) is 0 Å². The molecule has 128 valence electrons. The Morgan fingerprint density at radius 3 is 2.48 bits per heavy atom. The van der Waals surface area contributed by atoms with E-state index in [1.165, 1.54) is 48.5 Å². The van der Waals surface area contributed by atoms with Gasteiger partial charge in [0.25, 0.3) is 11.7 Å². The number of halogens is 3. The Labute approximate surface area is 147 Å². The normalized spacial score (nSPS) is 11.3. The molecule has 0 aliphatic rings. The molecule has 7 heteroatoms. The summed E-state index contributed by atoms with van der Waals surface area (Å²) in [6.45, 7) is 1.58. The van der Waals surface area contributed by atoms with E-state index >= 15 is 0 Å². The van der Waals surface area contributed by atoms with Gasteiger partial charge in [-0.1, -0.05) is 17.8 Å². The zero-order valence-corrected chi connectivity index (χ0v) is 13.9. The van der Waals surface area contributed by atoms with Crippen molar-refractivity contribution in [3.8, 4) is 6.07 Å². The molecule has 0 radical (unpaired) electrons. The highest BCUT2D eigenvalue weighted by Gasteiger charge is 2.11. The molecule has 0 saturated heterocycles. The van der Waals surface area contributed by atoms with Gasteiger partial charge < -0.3 is 5.32 Å². The zero-order chi connectivity index (χ0) is 18.4. The van der Waals surface area contributed by atoms with Crippen LogP contribution in [0.5, 0.6) is 0 Å². The summed E-state index contributed by atoms with van der Waals surface area (Å²) in [5, 5.41) is 11.7. The minimum absolute atomic E-state index is 0.156. The number of amides is 1. The molecule has 0 aliphatic heterocycles. The van der Waals surface area contributed by atoms with Gasteiger partial charge in [0.2, 0.25) is 0 Å². The highest BCUT2D eigenvalue weighted by Crippen LogP contribution is 2.26. The maximum atomic E-state index is 13.3. The van der Waals surface area contributed by atoms with Crippen LogP contribution >= 0.6 is 11.8 Å². The number of hydrogen-bond acceptors (Lipinski definition) is 3. The second-order valence-corrected chi connectivity index (χ2v) is 6.10. The standard InChI is InChI=1S/C18H13F3N2OS/c1-11-8-12(2-7-16(11)19)9-13(10-22)17(24)23-14-3-5-15(6-4-14)25-18(20)21/h2-9,18H,1H3,(H,23,24). The van der Waals surface area contributed by atoms with E-state index in [1.54, 1.807) is 13.0 Å². The van der Waals surface area contributed by atoms with Crippen molar-refractivity contribution in [2.75, 3.05) is 5.32 Å². The number of alkyl halides is 2. The molecule has 2 rings (SSSR count). The number of anilines is 1. The van der Waals surface area contributed by atoms with E-state index in [2.05, 4.69) is 5.32 Å². The summed E-state index contributed by atoms with van der Waals surface area (Å²) >= 11 is 0.401. The van der Waals surface area contributed by atoms with Crippen molar-refractivity contribution < 1.29 is 18.0 Å². The van der Waals surface area contributed by atoms with Crippen molar-refractivity contribution in [2.45, 2.75) is 17.6 Å². The van der Waals surface area contributed by atoms with Gasteiger partial charge in [-0.3, -0.25) is 4.79 Å². The molecule has 0 aromatic heterocycles. The number of carbonyl (C=O) groups is 1. The van der Waals surface area contributed by atoms with Gasteiger partial charge in [0, 0.05) is 10.6 Å². The Balaban J connectivity index is 2.13. The predicted molar refractivity (Wildman–Crippen MR) is 91.7 cm³/mol. The quantitative estimate of drug-likeness (QED) is 0.463. The van der Waals surface area contributed by atoms with Crippen LogP contribution in [0.3, 0.4) is 0 Å². The van der Waals surface area contributed by atoms with Crippen LogP contribution in [-0.2, 0) is 4.79 Å². The summed E-state index contributed by atoms with van der Waals surface area (Å²) in [6, 6.07) is 11.9. The molecule has 1 amide bonds. The molecule has 0 heterocycles. The zero-order valence-electron chi connectivity index (χ0n) is 13.1. The van der Waals surface area contributed by atoms with Gasteiger partial charge in [-0.15, -0.1) is 0 Å². The summed E-state index contributed by atoms with van der Waals surface area (Å²) < 4.78 is 37.8. The maximum Gasteiger partial charge on any atom is 0.288 e. The highest BCUT2D eigenvalue weighted by atomic mass is 32.2. The Kier molecular flexibility index (Phi) is 6.25. The number of rotatable bonds is 5. The van der Waals surface area contributed by atoms with Gasteiger partial charge in [0.05, 0.1) is 0 Å². The molecular weight excluding hydrogens is 349 g/mol. The van der Waals surface area contributed by atoms with Gasteiger partial charge in [0.15, 0.2) is 0 Å². The van der Waals surface area contributed by atoms with Gasteiger partial charge in [-0.2, -0.15) is 14.0 Å². The van der Waals surface area contributed by atoms with Crippen LogP contribution in [0, 0.1) is 24.1 Å². The van der Waals surface area contributed by atoms with Gasteiger partial charge >= 0.3 is 0 Å². The molecule has 2 aromatic rings. The average Bonchev–Trinajstić information content (AvgIpc) is 2.57. The third kappa shape index (κ3) is 5.40. The second-order valence-electron chi connectivity index (χ2n) is 5.04. The first-order chi connectivity index (χ1) is 11.9. The summed E-state index contributed by atoms with van der Waals surface area (Å²) in [7, 11) is 0. The van der Waals surface area contributed by atoms with E-state index < -0.39 is 11.7 Å². The van der Waals surface area contributed by atoms with Crippen LogP contribution in [0.1, 0.15) is 11.1 Å². The van der Waals surface area contributed by atoms with Gasteiger partial charge in [0.1, 0.15) is 17.5 Å². The number of hydrogen-bond donors (Lipinski definition) is 1. The molecule has 0 bridgehead atoms. The predicted octanol–water partition coefficient (Wildman–Crippen LogP) is 4.99. The van der Waals surface area contributed by atoms with Crippen molar-refractivity contribution in [1.29, 1.82) is 5.26 Å². The van der Waals surface area contributed by atoms with Crippen molar-refractivity contribution >= 4 is 29.4 Å². The number of nitrogens with zero attached hydrogens (tertiary/aromatic N) is 1. The maximum absolute atomic E-state index is 13.3.